The van der Waals surface area contributed by atoms with Crippen molar-refractivity contribution >= 4 is 22.9 Å². The highest BCUT2D eigenvalue weighted by Crippen LogP contribution is 2.48. The van der Waals surface area contributed by atoms with Crippen molar-refractivity contribution in [3.63, 3.8) is 0 Å². The molecule has 3 rings (SSSR count). The molecule has 1 unspecified atom stereocenters. The van der Waals surface area contributed by atoms with E-state index in [4.69, 9.17) is 16.3 Å². The minimum atomic E-state index is -0.307. The summed E-state index contributed by atoms with van der Waals surface area (Å²) in [6, 6.07) is 4.16. The molecule has 0 aliphatic carbocycles. The van der Waals surface area contributed by atoms with Crippen LogP contribution in [0.25, 0.3) is 0 Å². The lowest BCUT2D eigenvalue weighted by Gasteiger charge is -2.37. The molecule has 2 heterocycles. The lowest BCUT2D eigenvalue weighted by molar-refractivity contribution is 0.0651. The van der Waals surface area contributed by atoms with Gasteiger partial charge in [0.05, 0.1) is 5.02 Å². The highest BCUT2D eigenvalue weighted by Gasteiger charge is 2.37. The van der Waals surface area contributed by atoms with Crippen molar-refractivity contribution in [3.8, 4) is 11.5 Å². The molecular weight excluding hydrogens is 292 g/mol. The normalized spacial score (nSPS) is 21.4. The van der Waals surface area contributed by atoms with E-state index >= 15 is 0 Å². The SMILES string of the molecule is Cc1c(C)c2c(c(Cl)c1O)CCC(C)(c1cccs1)O2. The number of rotatable bonds is 1. The van der Waals surface area contributed by atoms with Crippen molar-refractivity contribution < 1.29 is 9.84 Å². The first-order valence-electron chi connectivity index (χ1n) is 6.67. The molecule has 2 aromatic rings. The molecule has 2 nitrogen and oxygen atoms in total. The van der Waals surface area contributed by atoms with E-state index in [0.717, 1.165) is 35.3 Å². The number of phenolic OH excluding ortho intramolecular Hbond substituents is 1. The number of halogens is 1. The van der Waals surface area contributed by atoms with E-state index in [0.29, 0.717) is 5.02 Å². The van der Waals surface area contributed by atoms with Crippen LogP contribution in [0.15, 0.2) is 17.5 Å². The van der Waals surface area contributed by atoms with Crippen LogP contribution in [0.4, 0.5) is 0 Å². The number of hydrogen-bond acceptors (Lipinski definition) is 3. The molecule has 1 aliphatic rings. The molecule has 0 bridgehead atoms. The van der Waals surface area contributed by atoms with Crippen LogP contribution in [0, 0.1) is 13.8 Å². The lowest BCUT2D eigenvalue weighted by Crippen LogP contribution is -2.33. The van der Waals surface area contributed by atoms with Crippen molar-refractivity contribution in [2.75, 3.05) is 0 Å². The molecule has 0 amide bonds. The lowest BCUT2D eigenvalue weighted by atomic mass is 9.89. The predicted molar refractivity (Wildman–Crippen MR) is 83.2 cm³/mol. The topological polar surface area (TPSA) is 29.5 Å². The second-order valence-electron chi connectivity index (χ2n) is 5.53. The third kappa shape index (κ3) is 1.92. The molecule has 106 valence electrons. The van der Waals surface area contributed by atoms with Gasteiger partial charge in [0.1, 0.15) is 17.1 Å². The molecule has 1 atom stereocenters. The first-order valence-corrected chi connectivity index (χ1v) is 7.93. The smallest absolute Gasteiger partial charge is 0.141 e. The third-order valence-electron chi connectivity index (χ3n) is 4.23. The fourth-order valence-corrected chi connectivity index (χ4v) is 3.91. The second kappa shape index (κ2) is 4.68. The van der Waals surface area contributed by atoms with Gasteiger partial charge in [-0.25, -0.2) is 0 Å². The Balaban J connectivity index is 2.13. The summed E-state index contributed by atoms with van der Waals surface area (Å²) in [5.74, 6) is 1.03. The molecule has 20 heavy (non-hydrogen) atoms. The minimum absolute atomic E-state index is 0.186. The molecule has 4 heteroatoms. The van der Waals surface area contributed by atoms with Gasteiger partial charge in [-0.1, -0.05) is 17.7 Å². The first kappa shape index (κ1) is 13.8. The summed E-state index contributed by atoms with van der Waals surface area (Å²) in [5, 5.41) is 12.6. The van der Waals surface area contributed by atoms with E-state index in [9.17, 15) is 5.11 Å². The van der Waals surface area contributed by atoms with Crippen LogP contribution in [-0.2, 0) is 12.0 Å². The van der Waals surface area contributed by atoms with Crippen LogP contribution in [0.5, 0.6) is 11.5 Å². The number of ether oxygens (including phenoxy) is 1. The largest absolute Gasteiger partial charge is 0.506 e. The molecule has 1 N–H and O–H groups in total. The highest BCUT2D eigenvalue weighted by atomic mass is 35.5. The summed E-state index contributed by atoms with van der Waals surface area (Å²) >= 11 is 7.99. The zero-order chi connectivity index (χ0) is 14.5. The number of aromatic hydroxyl groups is 1. The minimum Gasteiger partial charge on any atom is -0.506 e. The summed E-state index contributed by atoms with van der Waals surface area (Å²) in [6.45, 7) is 5.97. The molecule has 0 saturated carbocycles. The van der Waals surface area contributed by atoms with Gasteiger partial charge in [-0.15, -0.1) is 11.3 Å². The van der Waals surface area contributed by atoms with Gasteiger partial charge in [0.25, 0.3) is 0 Å². The zero-order valence-electron chi connectivity index (χ0n) is 11.8. The second-order valence-corrected chi connectivity index (χ2v) is 6.86. The van der Waals surface area contributed by atoms with Crippen molar-refractivity contribution in [2.45, 2.75) is 39.2 Å². The van der Waals surface area contributed by atoms with Gasteiger partial charge >= 0.3 is 0 Å². The molecule has 0 fully saturated rings. The van der Waals surface area contributed by atoms with Crippen LogP contribution < -0.4 is 4.74 Å². The fourth-order valence-electron chi connectivity index (χ4n) is 2.74. The summed E-state index contributed by atoms with van der Waals surface area (Å²) < 4.78 is 6.33. The maximum Gasteiger partial charge on any atom is 0.141 e. The van der Waals surface area contributed by atoms with Crippen LogP contribution >= 0.6 is 22.9 Å². The van der Waals surface area contributed by atoms with Crippen LogP contribution in [0.1, 0.15) is 34.9 Å². The Hall–Kier alpha value is -1.19. The zero-order valence-corrected chi connectivity index (χ0v) is 13.4. The number of hydrogen-bond donors (Lipinski definition) is 1. The molecule has 0 radical (unpaired) electrons. The maximum atomic E-state index is 10.1. The van der Waals surface area contributed by atoms with Gasteiger partial charge in [-0.2, -0.15) is 0 Å². The molecule has 1 aliphatic heterocycles. The Morgan fingerprint density at radius 3 is 2.75 bits per heavy atom. The summed E-state index contributed by atoms with van der Waals surface area (Å²) in [4.78, 5) is 1.23. The Labute approximate surface area is 128 Å². The summed E-state index contributed by atoms with van der Waals surface area (Å²) in [5.41, 5.74) is 2.40. The Bertz CT molecular complexity index is 664. The quantitative estimate of drug-likeness (QED) is 0.806. The van der Waals surface area contributed by atoms with Crippen molar-refractivity contribution in [3.05, 3.63) is 44.1 Å². The van der Waals surface area contributed by atoms with Crippen molar-refractivity contribution in [1.29, 1.82) is 0 Å². The van der Waals surface area contributed by atoms with Crippen molar-refractivity contribution in [2.24, 2.45) is 0 Å². The Morgan fingerprint density at radius 1 is 1.35 bits per heavy atom. The van der Waals surface area contributed by atoms with Gasteiger partial charge in [0.2, 0.25) is 0 Å². The van der Waals surface area contributed by atoms with E-state index < -0.39 is 0 Å². The standard InChI is InChI=1S/C16H17ClO2S/c1-9-10(2)15-11(13(17)14(9)18)6-7-16(3,19-15)12-5-4-8-20-12/h4-5,8,18H,6-7H2,1-3H3. The van der Waals surface area contributed by atoms with Gasteiger partial charge in [0.15, 0.2) is 0 Å². The van der Waals surface area contributed by atoms with Gasteiger partial charge < -0.3 is 9.84 Å². The molecule has 1 aromatic heterocycles. The van der Waals surface area contributed by atoms with E-state index in [2.05, 4.69) is 18.4 Å². The van der Waals surface area contributed by atoms with E-state index in [-0.39, 0.29) is 11.4 Å². The number of benzene rings is 1. The molecule has 0 spiro atoms. The summed E-state index contributed by atoms with van der Waals surface area (Å²) in [7, 11) is 0. The fraction of sp³-hybridized carbons (Fsp3) is 0.375. The molecule has 1 aromatic carbocycles. The van der Waals surface area contributed by atoms with Gasteiger partial charge in [0, 0.05) is 10.4 Å². The van der Waals surface area contributed by atoms with E-state index in [1.807, 2.05) is 19.9 Å². The number of thiophene rings is 1. The van der Waals surface area contributed by atoms with Crippen LogP contribution in [-0.4, -0.2) is 5.11 Å². The van der Waals surface area contributed by atoms with Gasteiger partial charge in [-0.3, -0.25) is 0 Å². The first-order chi connectivity index (χ1) is 9.44. The van der Waals surface area contributed by atoms with E-state index in [1.165, 1.54) is 4.88 Å². The predicted octanol–water partition coefficient (Wildman–Crippen LogP) is 4.96. The monoisotopic (exact) mass is 308 g/mol. The van der Waals surface area contributed by atoms with Crippen molar-refractivity contribution in [1.82, 2.24) is 0 Å². The average molecular weight is 309 g/mol. The Morgan fingerprint density at radius 2 is 2.10 bits per heavy atom. The van der Waals surface area contributed by atoms with Crippen LogP contribution in [0.3, 0.4) is 0 Å². The number of phenols is 1. The average Bonchev–Trinajstić information content (AvgIpc) is 2.97. The third-order valence-corrected chi connectivity index (χ3v) is 5.75. The van der Waals surface area contributed by atoms with E-state index in [1.54, 1.807) is 11.3 Å². The molecular formula is C16H17ClO2S. The molecule has 0 saturated heterocycles. The van der Waals surface area contributed by atoms with Gasteiger partial charge in [-0.05, 0) is 56.2 Å². The summed E-state index contributed by atoms with van der Waals surface area (Å²) in [6.07, 6.45) is 1.68. The number of fused-ring (bicyclic) bond motifs is 1. The highest BCUT2D eigenvalue weighted by molar-refractivity contribution is 7.10. The Kier molecular flexibility index (Phi) is 3.22. The maximum absolute atomic E-state index is 10.1. The van der Waals surface area contributed by atoms with Crippen LogP contribution in [0.2, 0.25) is 5.02 Å².